The molecule has 0 aliphatic carbocycles. The Morgan fingerprint density at radius 3 is 2.26 bits per heavy atom. The highest BCUT2D eigenvalue weighted by Gasteiger charge is 2.34. The van der Waals surface area contributed by atoms with Crippen LogP contribution in [0.1, 0.15) is 5.69 Å². The Kier molecular flexibility index (Phi) is 4.34. The average Bonchev–Trinajstić information content (AvgIpc) is 2.46. The third kappa shape index (κ3) is 4.05. The third-order valence-electron chi connectivity index (χ3n) is 2.65. The van der Waals surface area contributed by atoms with Gasteiger partial charge in [0.15, 0.2) is 5.69 Å². The fourth-order valence-electron chi connectivity index (χ4n) is 1.57. The fourth-order valence-corrected chi connectivity index (χ4v) is 1.57. The normalized spacial score (nSPS) is 11.2. The fraction of sp³-hybridized carbons (Fsp3) is 0.231. The van der Waals surface area contributed by atoms with Crippen LogP contribution >= 0.6 is 0 Å². The van der Waals surface area contributed by atoms with Crippen molar-refractivity contribution >= 4 is 11.6 Å². The standard InChI is InChI=1S/C13H11F3N4O3/c1-19(2)12-17-10(13(14,15)16)7-11(18-12)23-9-5-3-8(4-6-9)20(21)22/h3-7H,1-2H3. The lowest BCUT2D eigenvalue weighted by Gasteiger charge is -2.15. The van der Waals surface area contributed by atoms with Gasteiger partial charge in [0.2, 0.25) is 11.8 Å². The molecule has 23 heavy (non-hydrogen) atoms. The van der Waals surface area contributed by atoms with Crippen molar-refractivity contribution in [2.45, 2.75) is 6.18 Å². The van der Waals surface area contributed by atoms with E-state index in [-0.39, 0.29) is 23.3 Å². The highest BCUT2D eigenvalue weighted by Crippen LogP contribution is 2.32. The lowest BCUT2D eigenvalue weighted by atomic mass is 10.3. The number of aromatic nitrogens is 2. The Morgan fingerprint density at radius 2 is 1.78 bits per heavy atom. The van der Waals surface area contributed by atoms with Gasteiger partial charge in [-0.05, 0) is 12.1 Å². The van der Waals surface area contributed by atoms with Crippen LogP contribution < -0.4 is 9.64 Å². The van der Waals surface area contributed by atoms with Gasteiger partial charge in [-0.1, -0.05) is 0 Å². The van der Waals surface area contributed by atoms with Crippen molar-refractivity contribution < 1.29 is 22.8 Å². The molecule has 0 spiro atoms. The van der Waals surface area contributed by atoms with Crippen LogP contribution in [0.25, 0.3) is 0 Å². The number of nitro benzene ring substituents is 1. The monoisotopic (exact) mass is 328 g/mol. The molecule has 0 radical (unpaired) electrons. The number of hydrogen-bond donors (Lipinski definition) is 0. The molecule has 0 bridgehead atoms. The second-order valence-electron chi connectivity index (χ2n) is 4.64. The number of alkyl halides is 3. The molecule has 2 aromatic rings. The first-order valence-electron chi connectivity index (χ1n) is 6.23. The lowest BCUT2D eigenvalue weighted by molar-refractivity contribution is -0.384. The molecule has 0 fully saturated rings. The van der Waals surface area contributed by atoms with E-state index in [0.717, 1.165) is 0 Å². The van der Waals surface area contributed by atoms with Crippen LogP contribution in [0.3, 0.4) is 0 Å². The topological polar surface area (TPSA) is 81.4 Å². The minimum Gasteiger partial charge on any atom is -0.439 e. The molecule has 0 aliphatic heterocycles. The van der Waals surface area contributed by atoms with Crippen LogP contribution in [-0.2, 0) is 6.18 Å². The average molecular weight is 328 g/mol. The molecule has 1 heterocycles. The molecule has 0 N–H and O–H groups in total. The summed E-state index contributed by atoms with van der Waals surface area (Å²) in [5.41, 5.74) is -1.31. The van der Waals surface area contributed by atoms with E-state index in [1.165, 1.54) is 43.3 Å². The summed E-state index contributed by atoms with van der Waals surface area (Å²) in [4.78, 5) is 18.5. The van der Waals surface area contributed by atoms with Crippen molar-refractivity contribution in [2.75, 3.05) is 19.0 Å². The molecule has 0 unspecified atom stereocenters. The summed E-state index contributed by atoms with van der Waals surface area (Å²) in [6, 6.07) is 5.54. The molecule has 0 aliphatic rings. The van der Waals surface area contributed by atoms with Gasteiger partial charge >= 0.3 is 6.18 Å². The van der Waals surface area contributed by atoms with Gasteiger partial charge in [0.25, 0.3) is 5.69 Å². The summed E-state index contributed by atoms with van der Waals surface area (Å²) in [6.45, 7) is 0. The quantitative estimate of drug-likeness (QED) is 0.633. The highest BCUT2D eigenvalue weighted by atomic mass is 19.4. The summed E-state index contributed by atoms with van der Waals surface area (Å²) in [6.07, 6.45) is -4.65. The molecule has 0 amide bonds. The molecule has 0 saturated heterocycles. The highest BCUT2D eigenvalue weighted by molar-refractivity contribution is 5.39. The molecule has 1 aromatic heterocycles. The Morgan fingerprint density at radius 1 is 1.17 bits per heavy atom. The van der Waals surface area contributed by atoms with E-state index >= 15 is 0 Å². The van der Waals surface area contributed by atoms with Crippen molar-refractivity contribution in [3.8, 4) is 11.6 Å². The Balaban J connectivity index is 2.34. The number of non-ortho nitro benzene ring substituents is 1. The number of nitrogens with zero attached hydrogens (tertiary/aromatic N) is 4. The van der Waals surface area contributed by atoms with Crippen LogP contribution in [0.4, 0.5) is 24.8 Å². The second-order valence-corrected chi connectivity index (χ2v) is 4.64. The van der Waals surface area contributed by atoms with Crippen molar-refractivity contribution in [3.05, 3.63) is 46.1 Å². The van der Waals surface area contributed by atoms with E-state index in [2.05, 4.69) is 9.97 Å². The van der Waals surface area contributed by atoms with Crippen LogP contribution in [0.15, 0.2) is 30.3 Å². The maximum absolute atomic E-state index is 12.9. The molecule has 0 atom stereocenters. The van der Waals surface area contributed by atoms with E-state index in [1.54, 1.807) is 0 Å². The zero-order chi connectivity index (χ0) is 17.2. The first-order valence-corrected chi connectivity index (χ1v) is 6.23. The third-order valence-corrected chi connectivity index (χ3v) is 2.65. The summed E-state index contributed by atoms with van der Waals surface area (Å²) in [7, 11) is 2.98. The summed E-state index contributed by atoms with van der Waals surface area (Å²) >= 11 is 0. The maximum atomic E-state index is 12.9. The lowest BCUT2D eigenvalue weighted by Crippen LogP contribution is -2.17. The van der Waals surface area contributed by atoms with Crippen LogP contribution in [0, 0.1) is 10.1 Å². The first kappa shape index (κ1) is 16.5. The van der Waals surface area contributed by atoms with Gasteiger partial charge in [-0.15, -0.1) is 0 Å². The minimum absolute atomic E-state index is 0.118. The molecule has 2 rings (SSSR count). The zero-order valence-electron chi connectivity index (χ0n) is 12.0. The number of anilines is 1. The van der Waals surface area contributed by atoms with Crippen LogP contribution in [0.5, 0.6) is 11.6 Å². The maximum Gasteiger partial charge on any atom is 0.433 e. The number of benzene rings is 1. The SMILES string of the molecule is CN(C)c1nc(Oc2ccc([N+](=O)[O-])cc2)cc(C(F)(F)F)n1. The van der Waals surface area contributed by atoms with E-state index < -0.39 is 16.8 Å². The number of nitro groups is 1. The van der Waals surface area contributed by atoms with Crippen LogP contribution in [-0.4, -0.2) is 29.0 Å². The molecule has 122 valence electrons. The van der Waals surface area contributed by atoms with Crippen molar-refractivity contribution in [2.24, 2.45) is 0 Å². The molecule has 7 nitrogen and oxygen atoms in total. The molecule has 10 heteroatoms. The van der Waals surface area contributed by atoms with E-state index in [9.17, 15) is 23.3 Å². The Bertz CT molecular complexity index is 717. The van der Waals surface area contributed by atoms with Crippen molar-refractivity contribution in [3.63, 3.8) is 0 Å². The number of halogens is 3. The Hall–Kier alpha value is -2.91. The zero-order valence-corrected chi connectivity index (χ0v) is 12.0. The van der Waals surface area contributed by atoms with Crippen LogP contribution in [0.2, 0.25) is 0 Å². The Labute approximate surface area is 128 Å². The van der Waals surface area contributed by atoms with Gasteiger partial charge in [0.1, 0.15) is 5.75 Å². The largest absolute Gasteiger partial charge is 0.439 e. The van der Waals surface area contributed by atoms with E-state index in [1.807, 2.05) is 0 Å². The van der Waals surface area contributed by atoms with Crippen molar-refractivity contribution in [1.29, 1.82) is 0 Å². The minimum atomic E-state index is -4.65. The van der Waals surface area contributed by atoms with Gasteiger partial charge in [0.05, 0.1) is 4.92 Å². The summed E-state index contributed by atoms with van der Waals surface area (Å²) in [5.74, 6) is -0.367. The van der Waals surface area contributed by atoms with E-state index in [4.69, 9.17) is 4.74 Å². The molecule has 1 aromatic carbocycles. The molecular weight excluding hydrogens is 317 g/mol. The number of rotatable bonds is 4. The number of hydrogen-bond acceptors (Lipinski definition) is 6. The first-order chi connectivity index (χ1) is 10.7. The second kappa shape index (κ2) is 6.07. The number of ether oxygens (including phenoxy) is 1. The molecule has 0 saturated carbocycles. The summed E-state index contributed by atoms with van der Waals surface area (Å²) < 4.78 is 43.8. The molecular formula is C13H11F3N4O3. The smallest absolute Gasteiger partial charge is 0.433 e. The summed E-state index contributed by atoms with van der Waals surface area (Å²) in [5, 5.41) is 10.6. The van der Waals surface area contributed by atoms with Crippen molar-refractivity contribution in [1.82, 2.24) is 9.97 Å². The predicted molar refractivity (Wildman–Crippen MR) is 74.5 cm³/mol. The van der Waals surface area contributed by atoms with Gasteiger partial charge < -0.3 is 9.64 Å². The van der Waals surface area contributed by atoms with Gasteiger partial charge in [-0.25, -0.2) is 4.98 Å². The van der Waals surface area contributed by atoms with Gasteiger partial charge in [-0.2, -0.15) is 18.2 Å². The predicted octanol–water partition coefficient (Wildman–Crippen LogP) is 3.26. The van der Waals surface area contributed by atoms with Gasteiger partial charge in [-0.3, -0.25) is 10.1 Å². The van der Waals surface area contributed by atoms with E-state index in [0.29, 0.717) is 6.07 Å². The van der Waals surface area contributed by atoms with Gasteiger partial charge in [0, 0.05) is 32.3 Å².